The summed E-state index contributed by atoms with van der Waals surface area (Å²) in [7, 11) is 0. The van der Waals surface area contributed by atoms with Gasteiger partial charge in [0.1, 0.15) is 0 Å². The fourth-order valence-corrected chi connectivity index (χ4v) is 3.53. The van der Waals surface area contributed by atoms with Gasteiger partial charge in [0.2, 0.25) is 0 Å². The van der Waals surface area contributed by atoms with Gasteiger partial charge >= 0.3 is 6.18 Å². The van der Waals surface area contributed by atoms with Crippen LogP contribution in [-0.4, -0.2) is 28.2 Å². The number of benzene rings is 2. The number of fused-ring (bicyclic) bond motifs is 1. The largest absolute Gasteiger partial charge is 0.454 e. The predicted molar refractivity (Wildman–Crippen MR) is 107 cm³/mol. The minimum atomic E-state index is -4.88. The van der Waals surface area contributed by atoms with Crippen LogP contribution in [0, 0.1) is 0 Å². The summed E-state index contributed by atoms with van der Waals surface area (Å²) in [5.41, 5.74) is 2.74. The zero-order chi connectivity index (χ0) is 20.9. The fourth-order valence-electron chi connectivity index (χ4n) is 3.53. The number of Topliss-reactive ketones (excluding diaryl/α,β-unsaturated/α-hetero) is 1. The summed E-state index contributed by atoms with van der Waals surface area (Å²) >= 11 is 0. The van der Waals surface area contributed by atoms with E-state index in [4.69, 9.17) is 5.11 Å². The number of aromatic nitrogens is 1. The van der Waals surface area contributed by atoms with E-state index in [-0.39, 0.29) is 12.2 Å². The number of halogens is 3. The normalized spacial score (nSPS) is 11.9. The van der Waals surface area contributed by atoms with Crippen molar-refractivity contribution >= 4 is 16.7 Å². The lowest BCUT2D eigenvalue weighted by Crippen LogP contribution is -2.22. The monoisotopic (exact) mass is 403 g/mol. The Morgan fingerprint density at radius 2 is 1.52 bits per heavy atom. The van der Waals surface area contributed by atoms with Gasteiger partial charge in [0.25, 0.3) is 5.78 Å². The van der Waals surface area contributed by atoms with Gasteiger partial charge in [-0.3, -0.25) is 4.79 Å². The summed E-state index contributed by atoms with van der Waals surface area (Å²) in [6, 6.07) is 15.0. The van der Waals surface area contributed by atoms with Crippen LogP contribution in [0.15, 0.2) is 54.7 Å². The van der Waals surface area contributed by atoms with E-state index in [1.807, 2.05) is 0 Å². The molecule has 3 rings (SSSR count). The lowest BCUT2D eigenvalue weighted by molar-refractivity contribution is -0.0884. The molecule has 0 radical (unpaired) electrons. The van der Waals surface area contributed by atoms with Gasteiger partial charge in [-0.25, -0.2) is 0 Å². The molecule has 6 heteroatoms. The van der Waals surface area contributed by atoms with E-state index in [0.29, 0.717) is 17.4 Å². The van der Waals surface area contributed by atoms with Gasteiger partial charge in [-0.05, 0) is 49.3 Å². The number of ketones is 1. The zero-order valence-corrected chi connectivity index (χ0v) is 16.1. The summed E-state index contributed by atoms with van der Waals surface area (Å²) in [5, 5.41) is 9.18. The quantitative estimate of drug-likeness (QED) is 0.387. The lowest BCUT2D eigenvalue weighted by Gasteiger charge is -2.07. The van der Waals surface area contributed by atoms with Gasteiger partial charge in [0.05, 0.1) is 5.56 Å². The fraction of sp³-hybridized carbons (Fsp3) is 0.348. The number of hydrogen-bond donors (Lipinski definition) is 1. The van der Waals surface area contributed by atoms with Crippen molar-refractivity contribution in [2.24, 2.45) is 0 Å². The van der Waals surface area contributed by atoms with E-state index in [1.165, 1.54) is 17.3 Å². The third-order valence-electron chi connectivity index (χ3n) is 5.05. The second kappa shape index (κ2) is 9.27. The minimum Gasteiger partial charge on any atom is -0.396 e. The van der Waals surface area contributed by atoms with Crippen LogP contribution in [0.5, 0.6) is 0 Å². The second-order valence-electron chi connectivity index (χ2n) is 7.18. The first-order valence-corrected chi connectivity index (χ1v) is 9.78. The first-order valence-electron chi connectivity index (χ1n) is 9.78. The summed E-state index contributed by atoms with van der Waals surface area (Å²) < 4.78 is 40.4. The maximum absolute atomic E-state index is 12.9. The Balaban J connectivity index is 1.66. The zero-order valence-electron chi connectivity index (χ0n) is 16.1. The smallest absolute Gasteiger partial charge is 0.396 e. The van der Waals surface area contributed by atoms with Crippen molar-refractivity contribution in [1.82, 2.24) is 4.57 Å². The van der Waals surface area contributed by atoms with Crippen molar-refractivity contribution in [2.75, 3.05) is 6.61 Å². The second-order valence-corrected chi connectivity index (χ2v) is 7.18. The molecule has 1 heterocycles. The Bertz CT molecular complexity index is 958. The van der Waals surface area contributed by atoms with Crippen LogP contribution in [0.25, 0.3) is 10.9 Å². The number of carbonyl (C=O) groups is 1. The van der Waals surface area contributed by atoms with Crippen molar-refractivity contribution in [2.45, 2.75) is 44.8 Å². The molecule has 0 unspecified atom stereocenters. The first kappa shape index (κ1) is 21.1. The standard InChI is InChI=1S/C23H24F3NO2/c24-23(25,26)22(29)20-16-27(21-9-2-1-8-19(20)21)14-5-7-18-12-10-17(11-13-18)6-3-4-15-28/h1-2,8-13,16,28H,3-7,14-15H2. The average molecular weight is 403 g/mol. The summed E-state index contributed by atoms with van der Waals surface area (Å²) in [6.45, 7) is 0.742. The van der Waals surface area contributed by atoms with Crippen LogP contribution in [0.4, 0.5) is 13.2 Å². The summed E-state index contributed by atoms with van der Waals surface area (Å²) in [5.74, 6) is -1.80. The molecule has 0 bridgehead atoms. The van der Waals surface area contributed by atoms with E-state index in [0.717, 1.165) is 32.1 Å². The van der Waals surface area contributed by atoms with Crippen molar-refractivity contribution in [1.29, 1.82) is 0 Å². The van der Waals surface area contributed by atoms with Crippen LogP contribution in [-0.2, 0) is 19.4 Å². The summed E-state index contributed by atoms with van der Waals surface area (Å²) in [4.78, 5) is 11.8. The number of aliphatic hydroxyl groups is 1. The van der Waals surface area contributed by atoms with Crippen LogP contribution < -0.4 is 0 Å². The molecule has 1 N–H and O–H groups in total. The number of alkyl halides is 3. The van der Waals surface area contributed by atoms with Gasteiger partial charge in [-0.1, -0.05) is 42.5 Å². The number of aliphatic hydroxyl groups excluding tert-OH is 1. The van der Waals surface area contributed by atoms with E-state index >= 15 is 0 Å². The van der Waals surface area contributed by atoms with Gasteiger partial charge in [0, 0.05) is 30.3 Å². The maximum atomic E-state index is 12.9. The van der Waals surface area contributed by atoms with E-state index in [2.05, 4.69) is 24.3 Å². The molecule has 0 aliphatic carbocycles. The average Bonchev–Trinajstić information content (AvgIpc) is 3.07. The van der Waals surface area contributed by atoms with Crippen LogP contribution in [0.2, 0.25) is 0 Å². The molecule has 0 fully saturated rings. The van der Waals surface area contributed by atoms with Crippen LogP contribution >= 0.6 is 0 Å². The maximum Gasteiger partial charge on any atom is 0.454 e. The Morgan fingerprint density at radius 1 is 0.897 bits per heavy atom. The number of aryl methyl sites for hydroxylation is 3. The molecule has 3 aromatic rings. The third kappa shape index (κ3) is 5.26. The molecule has 0 aliphatic rings. The number of para-hydroxylation sites is 1. The van der Waals surface area contributed by atoms with Crippen molar-refractivity contribution in [3.8, 4) is 0 Å². The summed E-state index contributed by atoms with van der Waals surface area (Å²) in [6.07, 6.45) is 0.680. The van der Waals surface area contributed by atoms with Crippen molar-refractivity contribution in [3.63, 3.8) is 0 Å². The molecule has 2 aromatic carbocycles. The van der Waals surface area contributed by atoms with Gasteiger partial charge in [-0.15, -0.1) is 0 Å². The Labute approximate surface area is 167 Å². The SMILES string of the molecule is O=C(c1cn(CCCc2ccc(CCCCO)cc2)c2ccccc12)C(F)(F)F. The minimum absolute atomic E-state index is 0.211. The van der Waals surface area contributed by atoms with E-state index < -0.39 is 12.0 Å². The number of nitrogens with zero attached hydrogens (tertiary/aromatic N) is 1. The number of hydrogen-bond acceptors (Lipinski definition) is 2. The topological polar surface area (TPSA) is 42.2 Å². The Hall–Kier alpha value is -2.60. The molecule has 29 heavy (non-hydrogen) atoms. The Morgan fingerprint density at radius 3 is 2.14 bits per heavy atom. The highest BCUT2D eigenvalue weighted by molar-refractivity contribution is 6.10. The predicted octanol–water partition coefficient (Wildman–Crippen LogP) is 5.33. The number of unbranched alkanes of at least 4 members (excludes halogenated alkanes) is 1. The van der Waals surface area contributed by atoms with Gasteiger partial charge in [-0.2, -0.15) is 13.2 Å². The molecule has 154 valence electrons. The highest BCUT2D eigenvalue weighted by Gasteiger charge is 2.40. The third-order valence-corrected chi connectivity index (χ3v) is 5.05. The van der Waals surface area contributed by atoms with Gasteiger partial charge in [0.15, 0.2) is 0 Å². The number of rotatable bonds is 9. The van der Waals surface area contributed by atoms with Crippen LogP contribution in [0.1, 0.15) is 40.7 Å². The lowest BCUT2D eigenvalue weighted by atomic mass is 10.0. The molecular formula is C23H24F3NO2. The van der Waals surface area contributed by atoms with Crippen molar-refractivity contribution < 1.29 is 23.1 Å². The molecule has 0 spiro atoms. The Kier molecular flexibility index (Phi) is 6.75. The highest BCUT2D eigenvalue weighted by Crippen LogP contribution is 2.28. The molecule has 0 aliphatic heterocycles. The molecule has 0 atom stereocenters. The van der Waals surface area contributed by atoms with E-state index in [9.17, 15) is 18.0 Å². The van der Waals surface area contributed by atoms with Crippen molar-refractivity contribution in [3.05, 3.63) is 71.4 Å². The molecule has 0 saturated heterocycles. The molecule has 1 aromatic heterocycles. The van der Waals surface area contributed by atoms with Gasteiger partial charge < -0.3 is 9.67 Å². The molecule has 0 saturated carbocycles. The molecular weight excluding hydrogens is 379 g/mol. The first-order chi connectivity index (χ1) is 13.9. The number of carbonyl (C=O) groups excluding carboxylic acids is 1. The van der Waals surface area contributed by atoms with E-state index in [1.54, 1.807) is 28.8 Å². The molecule has 3 nitrogen and oxygen atoms in total. The molecule has 0 amide bonds. The highest BCUT2D eigenvalue weighted by atomic mass is 19.4. The van der Waals surface area contributed by atoms with Crippen LogP contribution in [0.3, 0.4) is 0 Å².